The molecular weight excluding hydrogens is 292 g/mol. The first-order valence-corrected chi connectivity index (χ1v) is 8.33. The summed E-state index contributed by atoms with van der Waals surface area (Å²) in [4.78, 5) is 14.1. The molecule has 1 aromatic rings. The molecule has 0 unspecified atom stereocenters. The molecule has 128 valence electrons. The second-order valence-electron chi connectivity index (χ2n) is 6.41. The number of ether oxygens (including phenoxy) is 1. The van der Waals surface area contributed by atoms with Crippen LogP contribution < -0.4 is 5.32 Å². The van der Waals surface area contributed by atoms with Crippen molar-refractivity contribution in [3.8, 4) is 0 Å². The average Bonchev–Trinajstić information content (AvgIpc) is 2.60. The van der Waals surface area contributed by atoms with Gasteiger partial charge in [-0.3, -0.25) is 0 Å². The van der Waals surface area contributed by atoms with E-state index in [1.165, 1.54) is 0 Å². The van der Waals surface area contributed by atoms with Gasteiger partial charge in [0, 0.05) is 33.4 Å². The van der Waals surface area contributed by atoms with Crippen LogP contribution in [0.1, 0.15) is 37.3 Å². The molecule has 0 saturated carbocycles. The maximum absolute atomic E-state index is 12.3. The Morgan fingerprint density at radius 1 is 1.35 bits per heavy atom. The minimum Gasteiger partial charge on any atom is -0.396 e. The van der Waals surface area contributed by atoms with E-state index in [2.05, 4.69) is 12.2 Å². The van der Waals surface area contributed by atoms with Gasteiger partial charge in [0.05, 0.1) is 6.61 Å². The van der Waals surface area contributed by atoms with E-state index in [0.717, 1.165) is 30.4 Å². The van der Waals surface area contributed by atoms with Crippen LogP contribution in [0.5, 0.6) is 0 Å². The summed E-state index contributed by atoms with van der Waals surface area (Å²) in [6.45, 7) is 4.85. The van der Waals surface area contributed by atoms with Gasteiger partial charge in [-0.25, -0.2) is 4.79 Å². The van der Waals surface area contributed by atoms with E-state index in [-0.39, 0.29) is 18.1 Å². The highest BCUT2D eigenvalue weighted by molar-refractivity contribution is 5.74. The number of amides is 2. The van der Waals surface area contributed by atoms with Crippen LogP contribution >= 0.6 is 0 Å². The van der Waals surface area contributed by atoms with Crippen LogP contribution in [-0.4, -0.2) is 42.8 Å². The number of benzene rings is 1. The van der Waals surface area contributed by atoms with Crippen LogP contribution in [0.25, 0.3) is 0 Å². The summed E-state index contributed by atoms with van der Waals surface area (Å²) in [5, 5.41) is 12.5. The highest BCUT2D eigenvalue weighted by Gasteiger charge is 2.33. The maximum atomic E-state index is 12.3. The third-order valence-electron chi connectivity index (χ3n) is 4.94. The molecule has 0 spiro atoms. The minimum absolute atomic E-state index is 0.00522. The molecule has 1 fully saturated rings. The van der Waals surface area contributed by atoms with Crippen molar-refractivity contribution < 1.29 is 14.6 Å². The Morgan fingerprint density at radius 3 is 2.65 bits per heavy atom. The largest absolute Gasteiger partial charge is 0.396 e. The standard InChI is InChI=1S/C18H28N2O3/c1-3-18(14-21)7-9-20(10-8-18)17(22)19-12-15-5-4-6-16(11-15)13-23-2/h4-6,11,21H,3,7-10,12-14H2,1-2H3,(H,19,22). The van der Waals surface area contributed by atoms with Gasteiger partial charge < -0.3 is 20.1 Å². The Morgan fingerprint density at radius 2 is 2.04 bits per heavy atom. The second kappa shape index (κ2) is 8.31. The molecule has 0 bridgehead atoms. The molecule has 23 heavy (non-hydrogen) atoms. The summed E-state index contributed by atoms with van der Waals surface area (Å²) in [6, 6.07) is 8.02. The predicted octanol–water partition coefficient (Wildman–Crippen LogP) is 2.53. The summed E-state index contributed by atoms with van der Waals surface area (Å²) in [5.74, 6) is 0. The molecule has 2 N–H and O–H groups in total. The molecule has 0 aliphatic carbocycles. The van der Waals surface area contributed by atoms with Gasteiger partial charge >= 0.3 is 6.03 Å². The summed E-state index contributed by atoms with van der Waals surface area (Å²) in [5.41, 5.74) is 2.18. The molecule has 1 saturated heterocycles. The summed E-state index contributed by atoms with van der Waals surface area (Å²) in [6.07, 6.45) is 2.71. The number of carbonyl (C=O) groups excluding carboxylic acids is 1. The fraction of sp³-hybridized carbons (Fsp3) is 0.611. The van der Waals surface area contributed by atoms with Crippen LogP contribution in [0.15, 0.2) is 24.3 Å². The highest BCUT2D eigenvalue weighted by Crippen LogP contribution is 2.34. The number of hydrogen-bond donors (Lipinski definition) is 2. The number of carbonyl (C=O) groups is 1. The van der Waals surface area contributed by atoms with E-state index in [4.69, 9.17) is 4.74 Å². The third kappa shape index (κ3) is 4.69. The van der Waals surface area contributed by atoms with Crippen molar-refractivity contribution in [1.82, 2.24) is 10.2 Å². The van der Waals surface area contributed by atoms with E-state index in [1.807, 2.05) is 29.2 Å². The zero-order chi connectivity index (χ0) is 16.7. The lowest BCUT2D eigenvalue weighted by atomic mass is 9.77. The van der Waals surface area contributed by atoms with Gasteiger partial charge in [0.15, 0.2) is 0 Å². The topological polar surface area (TPSA) is 61.8 Å². The second-order valence-corrected chi connectivity index (χ2v) is 6.41. The first-order chi connectivity index (χ1) is 11.1. The molecule has 1 aromatic carbocycles. The highest BCUT2D eigenvalue weighted by atomic mass is 16.5. The van der Waals surface area contributed by atoms with Crippen molar-refractivity contribution in [2.24, 2.45) is 5.41 Å². The van der Waals surface area contributed by atoms with Gasteiger partial charge in [-0.15, -0.1) is 0 Å². The van der Waals surface area contributed by atoms with Crippen LogP contribution in [0.2, 0.25) is 0 Å². The lowest BCUT2D eigenvalue weighted by Crippen LogP contribution is -2.48. The smallest absolute Gasteiger partial charge is 0.317 e. The Bertz CT molecular complexity index is 505. The van der Waals surface area contributed by atoms with E-state index in [9.17, 15) is 9.90 Å². The number of hydrogen-bond acceptors (Lipinski definition) is 3. The quantitative estimate of drug-likeness (QED) is 0.847. The van der Waals surface area contributed by atoms with Crippen molar-refractivity contribution >= 4 is 6.03 Å². The summed E-state index contributed by atoms with van der Waals surface area (Å²) in [7, 11) is 1.67. The number of nitrogens with zero attached hydrogens (tertiary/aromatic N) is 1. The number of methoxy groups -OCH3 is 1. The fourth-order valence-corrected chi connectivity index (χ4v) is 3.09. The first-order valence-electron chi connectivity index (χ1n) is 8.33. The maximum Gasteiger partial charge on any atom is 0.317 e. The van der Waals surface area contributed by atoms with Gasteiger partial charge in [0.2, 0.25) is 0 Å². The van der Waals surface area contributed by atoms with Crippen molar-refractivity contribution in [1.29, 1.82) is 0 Å². The molecule has 0 atom stereocenters. The molecular formula is C18H28N2O3. The molecule has 5 heteroatoms. The Balaban J connectivity index is 1.83. The van der Waals surface area contributed by atoms with E-state index >= 15 is 0 Å². The molecule has 0 radical (unpaired) electrons. The van der Waals surface area contributed by atoms with Gasteiger partial charge in [-0.2, -0.15) is 0 Å². The number of nitrogens with one attached hydrogen (secondary N) is 1. The minimum atomic E-state index is -0.0233. The van der Waals surface area contributed by atoms with Crippen LogP contribution in [0.4, 0.5) is 4.79 Å². The molecule has 1 heterocycles. The molecule has 5 nitrogen and oxygen atoms in total. The van der Waals surface area contributed by atoms with E-state index in [1.54, 1.807) is 7.11 Å². The lowest BCUT2D eigenvalue weighted by Gasteiger charge is -2.40. The molecule has 1 aliphatic rings. The Labute approximate surface area is 138 Å². The van der Waals surface area contributed by atoms with Gasteiger partial charge in [-0.05, 0) is 35.8 Å². The summed E-state index contributed by atoms with van der Waals surface area (Å²) < 4.78 is 5.13. The lowest BCUT2D eigenvalue weighted by molar-refractivity contribution is 0.0519. The third-order valence-corrected chi connectivity index (χ3v) is 4.94. The molecule has 1 aliphatic heterocycles. The van der Waals surface area contributed by atoms with Crippen molar-refractivity contribution in [3.05, 3.63) is 35.4 Å². The van der Waals surface area contributed by atoms with Crippen molar-refractivity contribution in [2.45, 2.75) is 39.3 Å². The first kappa shape index (κ1) is 17.8. The molecule has 0 aromatic heterocycles. The number of aliphatic hydroxyl groups excluding tert-OH is 1. The fourth-order valence-electron chi connectivity index (χ4n) is 3.09. The van der Waals surface area contributed by atoms with Gasteiger partial charge in [-0.1, -0.05) is 31.2 Å². The molecule has 2 rings (SSSR count). The normalized spacial score (nSPS) is 17.1. The number of aliphatic hydroxyl groups is 1. The van der Waals surface area contributed by atoms with Crippen LogP contribution in [0.3, 0.4) is 0 Å². The van der Waals surface area contributed by atoms with Gasteiger partial charge in [0.1, 0.15) is 0 Å². The number of urea groups is 1. The molecule has 2 amide bonds. The van der Waals surface area contributed by atoms with Gasteiger partial charge in [0.25, 0.3) is 0 Å². The van der Waals surface area contributed by atoms with Crippen LogP contribution in [-0.2, 0) is 17.9 Å². The van der Waals surface area contributed by atoms with Crippen molar-refractivity contribution in [3.63, 3.8) is 0 Å². The van der Waals surface area contributed by atoms with E-state index in [0.29, 0.717) is 26.2 Å². The number of piperidine rings is 1. The Kier molecular flexibility index (Phi) is 6.42. The monoisotopic (exact) mass is 320 g/mol. The summed E-state index contributed by atoms with van der Waals surface area (Å²) >= 11 is 0. The SMILES string of the molecule is CCC1(CO)CCN(C(=O)NCc2cccc(COC)c2)CC1. The number of likely N-dealkylation sites (tertiary alicyclic amines) is 1. The van der Waals surface area contributed by atoms with Crippen molar-refractivity contribution in [2.75, 3.05) is 26.8 Å². The Hall–Kier alpha value is -1.59. The van der Waals surface area contributed by atoms with E-state index < -0.39 is 0 Å². The van der Waals surface area contributed by atoms with Crippen LogP contribution in [0, 0.1) is 5.41 Å². The predicted molar refractivity (Wildman–Crippen MR) is 90.0 cm³/mol. The zero-order valence-electron chi connectivity index (χ0n) is 14.2. The zero-order valence-corrected chi connectivity index (χ0v) is 14.2. The average molecular weight is 320 g/mol. The number of rotatable bonds is 6.